The molecule has 2 heterocycles. The topological polar surface area (TPSA) is 105 Å². The molecule has 3 aromatic rings. The zero-order valence-corrected chi connectivity index (χ0v) is 17.2. The summed E-state index contributed by atoms with van der Waals surface area (Å²) in [5.74, 6) is 0.811. The van der Waals surface area contributed by atoms with Crippen molar-refractivity contribution in [3.63, 3.8) is 0 Å². The molecule has 1 aliphatic carbocycles. The molecule has 2 aromatic carbocycles. The number of fused-ring (bicyclic) bond motifs is 1. The van der Waals surface area contributed by atoms with E-state index in [9.17, 15) is 15.0 Å². The minimum Gasteiger partial charge on any atom is -0.508 e. The number of ketones is 1. The number of aryl methyl sites for hydroxylation is 1. The summed E-state index contributed by atoms with van der Waals surface area (Å²) in [7, 11) is 1.50. The van der Waals surface area contributed by atoms with Crippen molar-refractivity contribution >= 4 is 11.7 Å². The lowest BCUT2D eigenvalue weighted by Crippen LogP contribution is -2.29. The summed E-state index contributed by atoms with van der Waals surface area (Å²) in [6.45, 7) is 1.85. The molecule has 31 heavy (non-hydrogen) atoms. The number of carbonyl (C=O) groups is 1. The second kappa shape index (κ2) is 7.19. The van der Waals surface area contributed by atoms with Crippen LogP contribution in [-0.4, -0.2) is 28.3 Å². The van der Waals surface area contributed by atoms with Crippen LogP contribution in [0.1, 0.15) is 47.1 Å². The molecule has 5 rings (SSSR count). The number of phenolic OH excluding ortho intramolecular Hbond substituents is 2. The largest absolute Gasteiger partial charge is 0.508 e. The number of nitrogens with one attached hydrogen (secondary N) is 1. The maximum atomic E-state index is 13.4. The van der Waals surface area contributed by atoms with Crippen LogP contribution in [0.25, 0.3) is 0 Å². The number of allylic oxidation sites excluding steroid dienone is 2. The van der Waals surface area contributed by atoms with Crippen molar-refractivity contribution in [2.75, 3.05) is 12.4 Å². The Morgan fingerprint density at radius 2 is 1.84 bits per heavy atom. The molecule has 7 heteroatoms. The van der Waals surface area contributed by atoms with E-state index in [1.165, 1.54) is 7.11 Å². The summed E-state index contributed by atoms with van der Waals surface area (Å²) in [6.07, 6.45) is 1.01. The molecular weight excluding hydrogens is 396 g/mol. The fraction of sp³-hybridized carbons (Fsp3) is 0.250. The number of hydrogen-bond acceptors (Lipinski definition) is 7. The number of benzene rings is 2. The van der Waals surface area contributed by atoms with Gasteiger partial charge in [-0.3, -0.25) is 4.79 Å². The van der Waals surface area contributed by atoms with Crippen molar-refractivity contribution in [2.24, 2.45) is 0 Å². The van der Waals surface area contributed by atoms with Gasteiger partial charge < -0.3 is 24.8 Å². The van der Waals surface area contributed by atoms with Gasteiger partial charge in [-0.2, -0.15) is 0 Å². The van der Waals surface area contributed by atoms with E-state index < -0.39 is 0 Å². The van der Waals surface area contributed by atoms with E-state index in [-0.39, 0.29) is 29.1 Å². The predicted molar refractivity (Wildman–Crippen MR) is 113 cm³/mol. The molecule has 0 radical (unpaired) electrons. The minimum atomic E-state index is -0.361. The number of hydrogen-bond donors (Lipinski definition) is 3. The van der Waals surface area contributed by atoms with E-state index in [4.69, 9.17) is 9.26 Å². The number of ether oxygens (including phenoxy) is 1. The number of aromatic nitrogens is 1. The highest BCUT2D eigenvalue weighted by molar-refractivity contribution is 6.01. The first-order valence-electron chi connectivity index (χ1n) is 10.1. The summed E-state index contributed by atoms with van der Waals surface area (Å²) in [5.41, 5.74) is 4.87. The van der Waals surface area contributed by atoms with Gasteiger partial charge in [0.05, 0.1) is 18.4 Å². The summed E-state index contributed by atoms with van der Waals surface area (Å²) in [5, 5.41) is 27.1. The number of phenols is 2. The maximum Gasteiger partial charge on any atom is 0.233 e. The van der Waals surface area contributed by atoms with Crippen LogP contribution in [0.4, 0.5) is 5.88 Å². The number of anilines is 1. The fourth-order valence-electron chi connectivity index (χ4n) is 4.66. The zero-order chi connectivity index (χ0) is 21.7. The molecule has 158 valence electrons. The molecule has 2 aliphatic rings. The number of Topliss-reactive ketones (excluding diaryl/α,β-unsaturated/α-hetero) is 1. The number of nitrogens with zero attached hydrogens (tertiary/aromatic N) is 1. The quantitative estimate of drug-likeness (QED) is 0.580. The van der Waals surface area contributed by atoms with Gasteiger partial charge in [-0.1, -0.05) is 23.4 Å². The van der Waals surface area contributed by atoms with Gasteiger partial charge in [0.2, 0.25) is 5.88 Å². The van der Waals surface area contributed by atoms with Crippen molar-refractivity contribution in [3.05, 3.63) is 76.1 Å². The fourth-order valence-corrected chi connectivity index (χ4v) is 4.66. The molecule has 3 N–H and O–H groups in total. The molecule has 0 unspecified atom stereocenters. The zero-order valence-electron chi connectivity index (χ0n) is 17.2. The lowest BCUT2D eigenvalue weighted by molar-refractivity contribution is -0.116. The van der Waals surface area contributed by atoms with Crippen LogP contribution in [0.3, 0.4) is 0 Å². The Bertz CT molecular complexity index is 1210. The highest BCUT2D eigenvalue weighted by Crippen LogP contribution is 2.49. The Balaban J connectivity index is 1.62. The van der Waals surface area contributed by atoms with Gasteiger partial charge in [-0.25, -0.2) is 0 Å². The Hall–Kier alpha value is -3.74. The van der Waals surface area contributed by atoms with Crippen LogP contribution in [-0.2, 0) is 4.79 Å². The maximum absolute atomic E-state index is 13.4. The van der Waals surface area contributed by atoms with Gasteiger partial charge in [0.15, 0.2) is 17.3 Å². The lowest BCUT2D eigenvalue weighted by atomic mass is 9.72. The number of aromatic hydroxyl groups is 2. The third kappa shape index (κ3) is 3.13. The van der Waals surface area contributed by atoms with Crippen LogP contribution in [0.2, 0.25) is 0 Å². The molecule has 0 saturated carbocycles. The second-order valence-corrected chi connectivity index (χ2v) is 8.01. The minimum absolute atomic E-state index is 0.0000720. The molecule has 1 aromatic heterocycles. The first-order valence-corrected chi connectivity index (χ1v) is 10.1. The first kappa shape index (κ1) is 19.2. The van der Waals surface area contributed by atoms with E-state index >= 15 is 0 Å². The number of carbonyl (C=O) groups excluding carboxylic acids is 1. The summed E-state index contributed by atoms with van der Waals surface area (Å²) in [4.78, 5) is 13.4. The molecule has 0 fully saturated rings. The van der Waals surface area contributed by atoms with E-state index in [1.54, 1.807) is 30.3 Å². The van der Waals surface area contributed by atoms with Gasteiger partial charge >= 0.3 is 0 Å². The van der Waals surface area contributed by atoms with E-state index in [0.29, 0.717) is 35.7 Å². The SMILES string of the molecule is COc1cc([C@H]2C3=C(C[C@@H](c4ccc(O)cc4)CC3=O)Nc3onc(C)c32)ccc1O. The van der Waals surface area contributed by atoms with Gasteiger partial charge in [-0.15, -0.1) is 0 Å². The van der Waals surface area contributed by atoms with Crippen molar-refractivity contribution < 1.29 is 24.3 Å². The summed E-state index contributed by atoms with van der Waals surface area (Å²) in [6, 6.07) is 12.1. The van der Waals surface area contributed by atoms with Gasteiger partial charge in [0.25, 0.3) is 0 Å². The van der Waals surface area contributed by atoms with E-state index in [2.05, 4.69) is 10.5 Å². The third-order valence-electron chi connectivity index (χ3n) is 6.16. The predicted octanol–water partition coefficient (Wildman–Crippen LogP) is 4.36. The molecule has 2 atom stereocenters. The normalized spacial score (nSPS) is 20.1. The van der Waals surface area contributed by atoms with Crippen LogP contribution < -0.4 is 10.1 Å². The highest BCUT2D eigenvalue weighted by atomic mass is 16.5. The van der Waals surface area contributed by atoms with Gasteiger partial charge in [-0.05, 0) is 54.7 Å². The van der Waals surface area contributed by atoms with Crippen molar-refractivity contribution in [1.82, 2.24) is 5.16 Å². The summed E-state index contributed by atoms with van der Waals surface area (Å²) < 4.78 is 10.8. The average Bonchev–Trinajstić information content (AvgIpc) is 3.13. The highest BCUT2D eigenvalue weighted by Gasteiger charge is 2.41. The van der Waals surface area contributed by atoms with Crippen LogP contribution in [0.5, 0.6) is 17.2 Å². The number of methoxy groups -OCH3 is 1. The van der Waals surface area contributed by atoms with Crippen LogP contribution >= 0.6 is 0 Å². The molecule has 7 nitrogen and oxygen atoms in total. The lowest BCUT2D eigenvalue weighted by Gasteiger charge is -2.34. The second-order valence-electron chi connectivity index (χ2n) is 8.01. The molecule has 1 aliphatic heterocycles. The monoisotopic (exact) mass is 418 g/mol. The molecule has 0 saturated heterocycles. The van der Waals surface area contributed by atoms with Crippen LogP contribution in [0, 0.1) is 6.92 Å². The third-order valence-corrected chi connectivity index (χ3v) is 6.16. The van der Waals surface area contributed by atoms with Gasteiger partial charge in [0.1, 0.15) is 5.75 Å². The first-order chi connectivity index (χ1) is 15.0. The Labute approximate surface area is 179 Å². The average molecular weight is 418 g/mol. The van der Waals surface area contributed by atoms with Crippen molar-refractivity contribution in [2.45, 2.75) is 31.6 Å². The standard InChI is InChI=1S/C24H22N2O5/c1-12-21-22(14-5-8-18(28)20(11-14)30-2)23-17(25-24(21)31-26-12)9-15(10-19(23)29)13-3-6-16(27)7-4-13/h3-8,11,15,22,25,27-28H,9-10H2,1-2H3/t15-,22-/m1/s1. The van der Waals surface area contributed by atoms with Crippen molar-refractivity contribution in [3.8, 4) is 17.2 Å². The van der Waals surface area contributed by atoms with E-state index in [0.717, 1.165) is 22.4 Å². The van der Waals surface area contributed by atoms with Crippen LogP contribution in [0.15, 0.2) is 58.3 Å². The molecule has 0 bridgehead atoms. The molecule has 0 amide bonds. The molecular formula is C24H22N2O5. The Morgan fingerprint density at radius 3 is 2.58 bits per heavy atom. The smallest absolute Gasteiger partial charge is 0.233 e. The molecule has 0 spiro atoms. The Kier molecular flexibility index (Phi) is 4.46. The Morgan fingerprint density at radius 1 is 1.10 bits per heavy atom. The summed E-state index contributed by atoms with van der Waals surface area (Å²) >= 11 is 0. The van der Waals surface area contributed by atoms with E-state index in [1.807, 2.05) is 19.1 Å². The number of rotatable bonds is 3. The van der Waals surface area contributed by atoms with Crippen molar-refractivity contribution in [1.29, 1.82) is 0 Å². The van der Waals surface area contributed by atoms with Gasteiger partial charge in [0, 0.05) is 23.6 Å².